The van der Waals surface area contributed by atoms with Crippen molar-refractivity contribution in [2.75, 3.05) is 0 Å². The Bertz CT molecular complexity index is 726. The lowest BCUT2D eigenvalue weighted by molar-refractivity contribution is 0.261. The van der Waals surface area contributed by atoms with Crippen LogP contribution in [0.5, 0.6) is 0 Å². The molecule has 0 fully saturated rings. The average Bonchev–Trinajstić information content (AvgIpc) is 2.78. The lowest BCUT2D eigenvalue weighted by atomic mass is 9.54. The van der Waals surface area contributed by atoms with Crippen LogP contribution in [0, 0.1) is 17.3 Å². The van der Waals surface area contributed by atoms with E-state index in [2.05, 4.69) is 75.5 Å². The summed E-state index contributed by atoms with van der Waals surface area (Å²) in [6.07, 6.45) is 23.3. The van der Waals surface area contributed by atoms with Gasteiger partial charge in [-0.15, -0.1) is 0 Å². The third-order valence-electron chi connectivity index (χ3n) is 5.79. The zero-order chi connectivity index (χ0) is 15.3. The quantitative estimate of drug-likeness (QED) is 0.568. The molecule has 0 amide bonds. The van der Waals surface area contributed by atoms with Gasteiger partial charge in [-0.25, -0.2) is 0 Å². The van der Waals surface area contributed by atoms with E-state index in [1.165, 1.54) is 22.3 Å². The summed E-state index contributed by atoms with van der Waals surface area (Å²) in [7, 11) is 0. The number of hydrogen-bond donors (Lipinski definition) is 0. The van der Waals surface area contributed by atoms with Gasteiger partial charge in [-0.1, -0.05) is 75.5 Å². The van der Waals surface area contributed by atoms with Gasteiger partial charge in [0.15, 0.2) is 0 Å². The largest absolute Gasteiger partial charge is 0.0804 e. The zero-order valence-corrected chi connectivity index (χ0v) is 13.8. The van der Waals surface area contributed by atoms with Crippen LogP contribution in [0.2, 0.25) is 0 Å². The van der Waals surface area contributed by atoms with E-state index in [4.69, 9.17) is 0 Å². The fourth-order valence-electron chi connectivity index (χ4n) is 4.61. The van der Waals surface area contributed by atoms with Gasteiger partial charge in [-0.05, 0) is 52.0 Å². The monoisotopic (exact) mass is 288 g/mol. The normalized spacial score (nSPS) is 31.0. The van der Waals surface area contributed by atoms with Crippen molar-refractivity contribution in [3.63, 3.8) is 0 Å². The van der Waals surface area contributed by atoms with Crippen LogP contribution in [0.25, 0.3) is 0 Å². The molecule has 2 atom stereocenters. The Morgan fingerprint density at radius 1 is 1.09 bits per heavy atom. The van der Waals surface area contributed by atoms with Crippen molar-refractivity contribution >= 4 is 0 Å². The minimum Gasteiger partial charge on any atom is -0.0804 e. The standard InChI is InChI=1S/C22H24/c1-4-15-13-14-16-9-8-12-19-21(16)20(15)17-10-6-5-7-11-18(17)22(19,2)3/h6-14,19,21H,4-5H2,1-3H3. The van der Waals surface area contributed by atoms with Crippen molar-refractivity contribution in [2.45, 2.75) is 33.6 Å². The summed E-state index contributed by atoms with van der Waals surface area (Å²) in [5, 5.41) is 0. The van der Waals surface area contributed by atoms with Gasteiger partial charge in [-0.3, -0.25) is 0 Å². The van der Waals surface area contributed by atoms with Gasteiger partial charge in [0.05, 0.1) is 0 Å². The van der Waals surface area contributed by atoms with Crippen LogP contribution in [0.4, 0.5) is 0 Å². The van der Waals surface area contributed by atoms with Crippen LogP contribution in [0.3, 0.4) is 0 Å². The van der Waals surface area contributed by atoms with E-state index in [0.29, 0.717) is 11.8 Å². The molecule has 0 heteroatoms. The average molecular weight is 288 g/mol. The van der Waals surface area contributed by atoms with Crippen molar-refractivity contribution in [1.82, 2.24) is 0 Å². The lowest BCUT2D eigenvalue weighted by Crippen LogP contribution is -2.39. The third kappa shape index (κ3) is 1.76. The molecule has 0 heterocycles. The van der Waals surface area contributed by atoms with Gasteiger partial charge in [0.1, 0.15) is 0 Å². The van der Waals surface area contributed by atoms with E-state index in [9.17, 15) is 0 Å². The molecular formula is C22H24. The second kappa shape index (κ2) is 4.84. The molecule has 0 aromatic rings. The molecule has 0 bridgehead atoms. The second-order valence-corrected chi connectivity index (χ2v) is 7.27. The van der Waals surface area contributed by atoms with E-state index in [0.717, 1.165) is 12.8 Å². The third-order valence-corrected chi connectivity index (χ3v) is 5.79. The van der Waals surface area contributed by atoms with E-state index in [-0.39, 0.29) is 5.41 Å². The highest BCUT2D eigenvalue weighted by Crippen LogP contribution is 2.57. The maximum absolute atomic E-state index is 2.44. The first-order valence-electron chi connectivity index (χ1n) is 8.52. The number of fused-ring (bicyclic) bond motifs is 1. The van der Waals surface area contributed by atoms with Crippen LogP contribution in [0.15, 0.2) is 82.5 Å². The van der Waals surface area contributed by atoms with Crippen molar-refractivity contribution in [3.05, 3.63) is 82.5 Å². The maximum Gasteiger partial charge on any atom is 0.0169 e. The highest BCUT2D eigenvalue weighted by atomic mass is 14.5. The lowest BCUT2D eigenvalue weighted by Gasteiger charge is -2.49. The molecule has 0 saturated carbocycles. The summed E-state index contributed by atoms with van der Waals surface area (Å²) in [5.74, 6) is 1.10. The predicted octanol–water partition coefficient (Wildman–Crippen LogP) is 5.84. The van der Waals surface area contributed by atoms with E-state index in [1.807, 2.05) is 0 Å². The Morgan fingerprint density at radius 3 is 2.73 bits per heavy atom. The zero-order valence-electron chi connectivity index (χ0n) is 13.8. The molecule has 112 valence electrons. The molecule has 22 heavy (non-hydrogen) atoms. The minimum atomic E-state index is 0.175. The Kier molecular flexibility index (Phi) is 3.04. The van der Waals surface area contributed by atoms with Crippen molar-refractivity contribution < 1.29 is 0 Å². The molecule has 4 aliphatic carbocycles. The van der Waals surface area contributed by atoms with Crippen molar-refractivity contribution in [2.24, 2.45) is 17.3 Å². The van der Waals surface area contributed by atoms with Crippen LogP contribution in [-0.4, -0.2) is 0 Å². The Balaban J connectivity index is 2.06. The smallest absolute Gasteiger partial charge is 0.0169 e. The van der Waals surface area contributed by atoms with Crippen LogP contribution < -0.4 is 0 Å². The summed E-state index contributed by atoms with van der Waals surface area (Å²) < 4.78 is 0. The number of allylic oxidation sites excluding steroid dienone is 14. The number of rotatable bonds is 1. The van der Waals surface area contributed by atoms with Crippen LogP contribution in [-0.2, 0) is 0 Å². The van der Waals surface area contributed by atoms with Crippen molar-refractivity contribution in [3.8, 4) is 0 Å². The first-order chi connectivity index (χ1) is 10.6. The molecule has 2 unspecified atom stereocenters. The summed E-state index contributed by atoms with van der Waals surface area (Å²) in [6.45, 7) is 7.13. The molecule has 0 N–H and O–H groups in total. The Morgan fingerprint density at radius 2 is 1.91 bits per heavy atom. The van der Waals surface area contributed by atoms with Gasteiger partial charge in [-0.2, -0.15) is 0 Å². The van der Waals surface area contributed by atoms with E-state index >= 15 is 0 Å². The molecule has 0 aliphatic heterocycles. The van der Waals surface area contributed by atoms with Crippen molar-refractivity contribution in [1.29, 1.82) is 0 Å². The molecule has 0 nitrogen and oxygen atoms in total. The summed E-state index contributed by atoms with van der Waals surface area (Å²) in [6, 6.07) is 0. The van der Waals surface area contributed by atoms with E-state index < -0.39 is 0 Å². The van der Waals surface area contributed by atoms with Crippen LogP contribution in [0.1, 0.15) is 33.6 Å². The molecule has 0 radical (unpaired) electrons. The summed E-state index contributed by atoms with van der Waals surface area (Å²) in [5.41, 5.74) is 7.77. The molecule has 0 aromatic carbocycles. The van der Waals surface area contributed by atoms with E-state index in [1.54, 1.807) is 5.57 Å². The predicted molar refractivity (Wildman–Crippen MR) is 94.4 cm³/mol. The summed E-state index contributed by atoms with van der Waals surface area (Å²) >= 11 is 0. The molecule has 4 rings (SSSR count). The minimum absolute atomic E-state index is 0.175. The molecule has 4 aliphatic rings. The first-order valence-corrected chi connectivity index (χ1v) is 8.52. The molecule has 0 saturated heterocycles. The van der Waals surface area contributed by atoms with Gasteiger partial charge >= 0.3 is 0 Å². The molecule has 0 spiro atoms. The highest BCUT2D eigenvalue weighted by Gasteiger charge is 2.46. The maximum atomic E-state index is 2.44. The Hall–Kier alpha value is -1.82. The first kappa shape index (κ1) is 13.8. The highest BCUT2D eigenvalue weighted by molar-refractivity contribution is 5.64. The topological polar surface area (TPSA) is 0 Å². The fourth-order valence-corrected chi connectivity index (χ4v) is 4.61. The van der Waals surface area contributed by atoms with Gasteiger partial charge in [0, 0.05) is 5.92 Å². The molecular weight excluding hydrogens is 264 g/mol. The Labute approximate surface area is 134 Å². The second-order valence-electron chi connectivity index (χ2n) is 7.27. The molecule has 0 aromatic heterocycles. The van der Waals surface area contributed by atoms with Gasteiger partial charge in [0.2, 0.25) is 0 Å². The van der Waals surface area contributed by atoms with Crippen LogP contribution >= 0.6 is 0 Å². The number of hydrogen-bond acceptors (Lipinski definition) is 0. The van der Waals surface area contributed by atoms with Gasteiger partial charge < -0.3 is 0 Å². The summed E-state index contributed by atoms with van der Waals surface area (Å²) in [4.78, 5) is 0. The van der Waals surface area contributed by atoms with Gasteiger partial charge in [0.25, 0.3) is 0 Å². The fraction of sp³-hybridized carbons (Fsp3) is 0.364. The SMILES string of the molecule is CCC1=C2C3=C(C=CCC=C3)C(C)(C)C3C=CC=C(C=C1)C23.